The van der Waals surface area contributed by atoms with Crippen LogP contribution in [0.25, 0.3) is 0 Å². The van der Waals surface area contributed by atoms with E-state index in [0.717, 1.165) is 15.4 Å². The molecule has 2 aromatic rings. The van der Waals surface area contributed by atoms with Gasteiger partial charge in [0.25, 0.3) is 11.8 Å². The van der Waals surface area contributed by atoms with E-state index >= 15 is 0 Å². The minimum atomic E-state index is -0.397. The largest absolute Gasteiger partial charge is 0.378 e. The predicted octanol–water partition coefficient (Wildman–Crippen LogP) is 4.51. The standard InChI is InChI=1S/C21H18Cl2N2O3S/c1-13-5-7-14(8-6-13)29-19-18(24-9-11-28-12-10-24)20(26)25(21(19)27)16-4-2-3-15(22)17(16)23/h2-8H,9-12H2,1H3. The van der Waals surface area contributed by atoms with Crippen LogP contribution in [0.4, 0.5) is 5.69 Å². The smallest absolute Gasteiger partial charge is 0.283 e. The molecule has 5 nitrogen and oxygen atoms in total. The third kappa shape index (κ3) is 3.90. The Morgan fingerprint density at radius 2 is 1.66 bits per heavy atom. The van der Waals surface area contributed by atoms with Crippen LogP contribution < -0.4 is 4.90 Å². The van der Waals surface area contributed by atoms with Crippen LogP contribution in [0, 0.1) is 6.92 Å². The number of hydrogen-bond donors (Lipinski definition) is 0. The molecule has 1 saturated heterocycles. The highest BCUT2D eigenvalue weighted by Crippen LogP contribution is 2.42. The molecule has 0 bridgehead atoms. The number of amides is 2. The highest BCUT2D eigenvalue weighted by Gasteiger charge is 2.43. The average Bonchev–Trinajstić information content (AvgIpc) is 2.96. The lowest BCUT2D eigenvalue weighted by molar-refractivity contribution is -0.121. The fraction of sp³-hybridized carbons (Fsp3) is 0.238. The third-order valence-corrected chi connectivity index (χ3v) is 6.65. The molecule has 2 amide bonds. The van der Waals surface area contributed by atoms with E-state index in [1.807, 2.05) is 36.1 Å². The van der Waals surface area contributed by atoms with E-state index in [1.165, 1.54) is 11.8 Å². The maximum atomic E-state index is 13.4. The lowest BCUT2D eigenvalue weighted by Gasteiger charge is -2.29. The van der Waals surface area contributed by atoms with Crippen molar-refractivity contribution in [1.82, 2.24) is 4.90 Å². The summed E-state index contributed by atoms with van der Waals surface area (Å²) in [6.07, 6.45) is 0. The normalized spacial score (nSPS) is 17.5. The fourth-order valence-electron chi connectivity index (χ4n) is 3.26. The van der Waals surface area contributed by atoms with Crippen molar-refractivity contribution < 1.29 is 14.3 Å². The number of aryl methyl sites for hydroxylation is 1. The summed E-state index contributed by atoms with van der Waals surface area (Å²) in [5.74, 6) is -0.790. The molecule has 0 unspecified atom stereocenters. The zero-order valence-corrected chi connectivity index (χ0v) is 18.0. The second-order valence-corrected chi connectivity index (χ2v) is 8.58. The maximum absolute atomic E-state index is 13.4. The molecule has 150 valence electrons. The van der Waals surface area contributed by atoms with Crippen molar-refractivity contribution in [2.75, 3.05) is 31.2 Å². The van der Waals surface area contributed by atoms with Crippen molar-refractivity contribution in [2.45, 2.75) is 11.8 Å². The van der Waals surface area contributed by atoms with Crippen molar-refractivity contribution in [3.8, 4) is 0 Å². The molecule has 2 aromatic carbocycles. The summed E-state index contributed by atoms with van der Waals surface area (Å²) in [7, 11) is 0. The number of rotatable bonds is 4. The molecule has 4 rings (SSSR count). The number of hydrogen-bond acceptors (Lipinski definition) is 5. The minimum absolute atomic E-state index is 0.179. The number of carbonyl (C=O) groups is 2. The molecule has 2 aliphatic heterocycles. The van der Waals surface area contributed by atoms with Crippen LogP contribution in [0.15, 0.2) is 58.0 Å². The number of ether oxygens (including phenoxy) is 1. The number of imide groups is 1. The summed E-state index contributed by atoms with van der Waals surface area (Å²) in [6.45, 7) is 4.10. The highest BCUT2D eigenvalue weighted by atomic mass is 35.5. The van der Waals surface area contributed by atoms with E-state index in [4.69, 9.17) is 27.9 Å². The molecule has 29 heavy (non-hydrogen) atoms. The van der Waals surface area contributed by atoms with Crippen molar-refractivity contribution in [3.05, 3.63) is 68.7 Å². The molecular weight excluding hydrogens is 431 g/mol. The summed E-state index contributed by atoms with van der Waals surface area (Å²) >= 11 is 13.7. The Morgan fingerprint density at radius 3 is 2.34 bits per heavy atom. The van der Waals surface area contributed by atoms with E-state index in [-0.39, 0.29) is 10.0 Å². The lowest BCUT2D eigenvalue weighted by atomic mass is 10.2. The number of morpholine rings is 1. The Hall–Kier alpha value is -1.99. The lowest BCUT2D eigenvalue weighted by Crippen LogP contribution is -2.40. The quantitative estimate of drug-likeness (QED) is 0.643. The average molecular weight is 449 g/mol. The number of nitrogens with zero attached hydrogens (tertiary/aromatic N) is 2. The Bertz CT molecular complexity index is 1000. The fourth-order valence-corrected chi connectivity index (χ4v) is 4.64. The van der Waals surface area contributed by atoms with E-state index in [9.17, 15) is 9.59 Å². The van der Waals surface area contributed by atoms with Gasteiger partial charge < -0.3 is 9.64 Å². The molecule has 0 spiro atoms. The zero-order valence-electron chi connectivity index (χ0n) is 15.7. The molecule has 8 heteroatoms. The first kappa shape index (κ1) is 20.3. The van der Waals surface area contributed by atoms with Crippen LogP contribution in [0.3, 0.4) is 0 Å². The van der Waals surface area contributed by atoms with Crippen LogP contribution in [0.5, 0.6) is 0 Å². The van der Waals surface area contributed by atoms with Gasteiger partial charge >= 0.3 is 0 Å². The Labute approximate surface area is 183 Å². The van der Waals surface area contributed by atoms with Crippen LogP contribution in [0.1, 0.15) is 5.56 Å². The Balaban J connectivity index is 1.76. The van der Waals surface area contributed by atoms with Gasteiger partial charge in [0.1, 0.15) is 10.6 Å². The SMILES string of the molecule is Cc1ccc(SC2=C(N3CCOCC3)C(=O)N(c3cccc(Cl)c3Cl)C2=O)cc1. The van der Waals surface area contributed by atoms with Crippen LogP contribution in [-0.4, -0.2) is 43.0 Å². The van der Waals surface area contributed by atoms with Gasteiger partial charge in [-0.1, -0.05) is 58.7 Å². The topological polar surface area (TPSA) is 49.9 Å². The first-order chi connectivity index (χ1) is 14.0. The second kappa shape index (κ2) is 8.40. The first-order valence-corrected chi connectivity index (χ1v) is 10.7. The van der Waals surface area contributed by atoms with E-state index in [0.29, 0.717) is 42.6 Å². The molecule has 0 aromatic heterocycles. The van der Waals surface area contributed by atoms with Crippen molar-refractivity contribution >= 4 is 52.5 Å². The van der Waals surface area contributed by atoms with Crippen LogP contribution in [-0.2, 0) is 14.3 Å². The first-order valence-electron chi connectivity index (χ1n) is 9.11. The third-order valence-electron chi connectivity index (χ3n) is 4.76. The van der Waals surface area contributed by atoms with Gasteiger partial charge in [0.05, 0.1) is 28.9 Å². The summed E-state index contributed by atoms with van der Waals surface area (Å²) in [5, 5.41) is 0.469. The Morgan fingerprint density at radius 1 is 0.966 bits per heavy atom. The number of anilines is 1. The summed E-state index contributed by atoms with van der Waals surface area (Å²) < 4.78 is 5.41. The zero-order chi connectivity index (χ0) is 20.5. The Kier molecular flexibility index (Phi) is 5.88. The summed E-state index contributed by atoms with van der Waals surface area (Å²) in [5.41, 5.74) is 1.80. The number of carbonyl (C=O) groups excluding carboxylic acids is 2. The highest BCUT2D eigenvalue weighted by molar-refractivity contribution is 8.04. The monoisotopic (exact) mass is 448 g/mol. The van der Waals surface area contributed by atoms with Crippen molar-refractivity contribution in [2.24, 2.45) is 0 Å². The van der Waals surface area contributed by atoms with Crippen molar-refractivity contribution in [3.63, 3.8) is 0 Å². The van der Waals surface area contributed by atoms with Gasteiger partial charge in [0.2, 0.25) is 0 Å². The van der Waals surface area contributed by atoms with Gasteiger partial charge in [0, 0.05) is 18.0 Å². The molecule has 0 atom stereocenters. The van der Waals surface area contributed by atoms with Gasteiger partial charge in [-0.25, -0.2) is 4.90 Å². The number of thioether (sulfide) groups is 1. The molecule has 0 N–H and O–H groups in total. The molecule has 0 radical (unpaired) electrons. The van der Waals surface area contributed by atoms with E-state index in [2.05, 4.69) is 0 Å². The van der Waals surface area contributed by atoms with Gasteiger partial charge in [-0.2, -0.15) is 0 Å². The summed E-state index contributed by atoms with van der Waals surface area (Å²) in [6, 6.07) is 12.8. The van der Waals surface area contributed by atoms with Crippen LogP contribution >= 0.6 is 35.0 Å². The maximum Gasteiger partial charge on any atom is 0.283 e. The van der Waals surface area contributed by atoms with Gasteiger partial charge in [-0.05, 0) is 31.2 Å². The molecule has 1 fully saturated rings. The molecule has 2 heterocycles. The molecular formula is C21H18Cl2N2O3S. The van der Waals surface area contributed by atoms with Crippen LogP contribution in [0.2, 0.25) is 10.0 Å². The van der Waals surface area contributed by atoms with E-state index in [1.54, 1.807) is 18.2 Å². The van der Waals surface area contributed by atoms with E-state index < -0.39 is 11.8 Å². The minimum Gasteiger partial charge on any atom is -0.378 e. The molecule has 2 aliphatic rings. The second-order valence-electron chi connectivity index (χ2n) is 6.71. The predicted molar refractivity (Wildman–Crippen MR) is 115 cm³/mol. The van der Waals surface area contributed by atoms with Crippen molar-refractivity contribution in [1.29, 1.82) is 0 Å². The van der Waals surface area contributed by atoms with Gasteiger partial charge in [-0.15, -0.1) is 0 Å². The van der Waals surface area contributed by atoms with Gasteiger partial charge in [0.15, 0.2) is 0 Å². The van der Waals surface area contributed by atoms with Gasteiger partial charge in [-0.3, -0.25) is 9.59 Å². The molecule has 0 saturated carbocycles. The number of halogens is 2. The summed E-state index contributed by atoms with van der Waals surface area (Å²) in [4.78, 5) is 31.1. The number of benzene rings is 2. The molecule has 0 aliphatic carbocycles.